The van der Waals surface area contributed by atoms with Gasteiger partial charge in [0.15, 0.2) is 0 Å². The summed E-state index contributed by atoms with van der Waals surface area (Å²) in [6, 6.07) is 5.93. The summed E-state index contributed by atoms with van der Waals surface area (Å²) >= 11 is 1.79. The lowest BCUT2D eigenvalue weighted by Gasteiger charge is -2.45. The predicted octanol–water partition coefficient (Wildman–Crippen LogP) is 2.33. The molecule has 1 aromatic carbocycles. The Morgan fingerprint density at radius 3 is 2.84 bits per heavy atom. The largest absolute Gasteiger partial charge is 0.495 e. The third kappa shape index (κ3) is 2.97. The number of hydrogen-bond donors (Lipinski definition) is 0. The summed E-state index contributed by atoms with van der Waals surface area (Å²) < 4.78 is 45.6. The van der Waals surface area contributed by atoms with Crippen LogP contribution in [-0.4, -0.2) is 50.4 Å². The molecule has 134 valence electrons. The molecule has 25 heavy (non-hydrogen) atoms. The van der Waals surface area contributed by atoms with Crippen LogP contribution in [0.5, 0.6) is 5.75 Å². The van der Waals surface area contributed by atoms with E-state index in [0.29, 0.717) is 13.1 Å². The van der Waals surface area contributed by atoms with Crippen LogP contribution in [0.3, 0.4) is 0 Å². The van der Waals surface area contributed by atoms with E-state index in [-0.39, 0.29) is 16.7 Å². The molecule has 0 atom stereocenters. The highest BCUT2D eigenvalue weighted by atomic mass is 32.2. The Balaban J connectivity index is 1.48. The van der Waals surface area contributed by atoms with Crippen molar-refractivity contribution in [2.24, 2.45) is 0 Å². The van der Waals surface area contributed by atoms with E-state index in [9.17, 15) is 12.8 Å². The zero-order chi connectivity index (χ0) is 17.6. The number of ether oxygens (including phenoxy) is 1. The summed E-state index contributed by atoms with van der Waals surface area (Å²) in [5, 5.41) is 2.11. The van der Waals surface area contributed by atoms with Crippen molar-refractivity contribution in [1.29, 1.82) is 0 Å². The van der Waals surface area contributed by atoms with Crippen LogP contribution in [0.15, 0.2) is 34.5 Å². The quantitative estimate of drug-likeness (QED) is 0.814. The molecule has 0 aliphatic carbocycles. The molecular formula is C17H19FN2O3S2. The summed E-state index contributed by atoms with van der Waals surface area (Å²) in [4.78, 5) is 3.67. The molecule has 2 aliphatic heterocycles. The average molecular weight is 382 g/mol. The summed E-state index contributed by atoms with van der Waals surface area (Å²) in [5.74, 6) is -0.414. The van der Waals surface area contributed by atoms with Crippen molar-refractivity contribution in [2.75, 3.05) is 26.7 Å². The average Bonchev–Trinajstić information content (AvgIpc) is 3.01. The van der Waals surface area contributed by atoms with E-state index in [2.05, 4.69) is 16.3 Å². The Kier molecular flexibility index (Phi) is 4.31. The van der Waals surface area contributed by atoms with E-state index in [1.54, 1.807) is 11.3 Å². The number of nitrogens with zero attached hydrogens (tertiary/aromatic N) is 2. The number of sulfonamides is 1. The fourth-order valence-electron chi connectivity index (χ4n) is 3.42. The normalized spacial score (nSPS) is 19.4. The second-order valence-corrected chi connectivity index (χ2v) is 9.27. The lowest BCUT2D eigenvalue weighted by molar-refractivity contribution is 0.0774. The van der Waals surface area contributed by atoms with Gasteiger partial charge in [0, 0.05) is 37.1 Å². The molecular weight excluding hydrogens is 363 g/mol. The third-order valence-electron chi connectivity index (χ3n) is 4.93. The Morgan fingerprint density at radius 2 is 2.08 bits per heavy atom. The number of methoxy groups -OCH3 is 1. The standard InChI is InChI=1S/C17H19FN2O3S2/c1-23-15-3-2-13(18)8-17(15)25(21,22)20-10-14(11-20)19-6-4-16-12(9-19)5-7-24-16/h2-3,5,7-8,14H,4,6,9-11H2,1H3. The van der Waals surface area contributed by atoms with Gasteiger partial charge in [-0.25, -0.2) is 12.8 Å². The van der Waals surface area contributed by atoms with Crippen LogP contribution in [0.2, 0.25) is 0 Å². The van der Waals surface area contributed by atoms with Gasteiger partial charge in [-0.2, -0.15) is 4.31 Å². The molecule has 0 spiro atoms. The van der Waals surface area contributed by atoms with Gasteiger partial charge in [0.25, 0.3) is 0 Å². The molecule has 2 aromatic rings. The van der Waals surface area contributed by atoms with Gasteiger partial charge in [-0.15, -0.1) is 11.3 Å². The number of halogens is 1. The predicted molar refractivity (Wildman–Crippen MR) is 93.9 cm³/mol. The van der Waals surface area contributed by atoms with Gasteiger partial charge in [-0.05, 0) is 41.6 Å². The van der Waals surface area contributed by atoms with Gasteiger partial charge >= 0.3 is 0 Å². The van der Waals surface area contributed by atoms with Crippen LogP contribution in [0, 0.1) is 5.82 Å². The van der Waals surface area contributed by atoms with E-state index < -0.39 is 15.8 Å². The molecule has 0 unspecified atom stereocenters. The zero-order valence-electron chi connectivity index (χ0n) is 13.8. The third-order valence-corrected chi connectivity index (χ3v) is 7.80. The van der Waals surface area contributed by atoms with Crippen molar-refractivity contribution < 1.29 is 17.5 Å². The van der Waals surface area contributed by atoms with Gasteiger partial charge in [0.1, 0.15) is 16.5 Å². The van der Waals surface area contributed by atoms with E-state index in [1.165, 1.54) is 34.0 Å². The Morgan fingerprint density at radius 1 is 1.28 bits per heavy atom. The van der Waals surface area contributed by atoms with Crippen LogP contribution < -0.4 is 4.74 Å². The Hall–Kier alpha value is -1.48. The minimum Gasteiger partial charge on any atom is -0.495 e. The number of rotatable bonds is 4. The van der Waals surface area contributed by atoms with Crippen molar-refractivity contribution in [3.63, 3.8) is 0 Å². The highest BCUT2D eigenvalue weighted by Crippen LogP contribution is 2.33. The molecule has 5 nitrogen and oxygen atoms in total. The van der Waals surface area contributed by atoms with Crippen molar-refractivity contribution >= 4 is 21.4 Å². The fraction of sp³-hybridized carbons (Fsp3) is 0.412. The molecule has 0 radical (unpaired) electrons. The molecule has 0 bridgehead atoms. The smallest absolute Gasteiger partial charge is 0.246 e. The van der Waals surface area contributed by atoms with Gasteiger partial charge < -0.3 is 4.74 Å². The first-order valence-corrected chi connectivity index (χ1v) is 10.4. The monoisotopic (exact) mass is 382 g/mol. The lowest BCUT2D eigenvalue weighted by Crippen LogP contribution is -2.61. The number of benzene rings is 1. The Bertz CT molecular complexity index is 891. The van der Waals surface area contributed by atoms with Crippen LogP contribution in [0.25, 0.3) is 0 Å². The van der Waals surface area contributed by atoms with Crippen molar-refractivity contribution in [1.82, 2.24) is 9.21 Å². The van der Waals surface area contributed by atoms with Gasteiger partial charge in [0.05, 0.1) is 7.11 Å². The number of fused-ring (bicyclic) bond motifs is 1. The van der Waals surface area contributed by atoms with Crippen LogP contribution in [0.4, 0.5) is 4.39 Å². The number of thiophene rings is 1. The van der Waals surface area contributed by atoms with E-state index in [0.717, 1.165) is 25.6 Å². The summed E-state index contributed by atoms with van der Waals surface area (Å²) in [5.41, 5.74) is 1.35. The first-order valence-electron chi connectivity index (χ1n) is 8.12. The van der Waals surface area contributed by atoms with E-state index >= 15 is 0 Å². The molecule has 0 saturated carbocycles. The topological polar surface area (TPSA) is 49.9 Å². The molecule has 8 heteroatoms. The van der Waals surface area contributed by atoms with Gasteiger partial charge in [-0.1, -0.05) is 0 Å². The fourth-order valence-corrected chi connectivity index (χ4v) is 5.99. The molecule has 4 rings (SSSR count). The van der Waals surface area contributed by atoms with Gasteiger partial charge in [-0.3, -0.25) is 4.90 Å². The van der Waals surface area contributed by atoms with Crippen molar-refractivity contribution in [2.45, 2.75) is 23.9 Å². The summed E-state index contributed by atoms with van der Waals surface area (Å²) in [6.45, 7) is 2.69. The number of hydrogen-bond acceptors (Lipinski definition) is 5. The molecule has 0 amide bonds. The zero-order valence-corrected chi connectivity index (χ0v) is 15.4. The maximum absolute atomic E-state index is 13.5. The van der Waals surface area contributed by atoms with Gasteiger partial charge in [0.2, 0.25) is 10.0 Å². The molecule has 0 N–H and O–H groups in total. The highest BCUT2D eigenvalue weighted by Gasteiger charge is 2.41. The minimum absolute atomic E-state index is 0.104. The first kappa shape index (κ1) is 17.0. The van der Waals surface area contributed by atoms with Crippen LogP contribution >= 0.6 is 11.3 Å². The minimum atomic E-state index is -3.75. The molecule has 3 heterocycles. The lowest BCUT2D eigenvalue weighted by atomic mass is 10.0. The van der Waals surface area contributed by atoms with Crippen LogP contribution in [0.1, 0.15) is 10.4 Å². The van der Waals surface area contributed by atoms with E-state index in [1.807, 2.05) is 0 Å². The Labute approximate surface area is 150 Å². The van der Waals surface area contributed by atoms with Crippen molar-refractivity contribution in [3.8, 4) is 5.75 Å². The summed E-state index contributed by atoms with van der Waals surface area (Å²) in [6.07, 6.45) is 1.02. The molecule has 1 saturated heterocycles. The summed E-state index contributed by atoms with van der Waals surface area (Å²) in [7, 11) is -2.36. The van der Waals surface area contributed by atoms with Crippen LogP contribution in [-0.2, 0) is 23.0 Å². The second-order valence-electron chi connectivity index (χ2n) is 6.36. The maximum atomic E-state index is 13.5. The maximum Gasteiger partial charge on any atom is 0.246 e. The SMILES string of the molecule is COc1ccc(F)cc1S(=O)(=O)N1CC(N2CCc3sccc3C2)C1. The highest BCUT2D eigenvalue weighted by molar-refractivity contribution is 7.89. The second kappa shape index (κ2) is 6.35. The van der Waals surface area contributed by atoms with Crippen molar-refractivity contribution in [3.05, 3.63) is 45.9 Å². The van der Waals surface area contributed by atoms with E-state index in [4.69, 9.17) is 4.74 Å². The molecule has 2 aliphatic rings. The molecule has 1 fully saturated rings. The molecule has 1 aromatic heterocycles. The first-order chi connectivity index (χ1) is 12.0.